The van der Waals surface area contributed by atoms with E-state index in [1.807, 2.05) is 6.07 Å². The summed E-state index contributed by atoms with van der Waals surface area (Å²) in [6.45, 7) is 0.0980. The second kappa shape index (κ2) is 10.3. The van der Waals surface area contributed by atoms with Gasteiger partial charge in [-0.05, 0) is 49.9 Å². The lowest BCUT2D eigenvalue weighted by Gasteiger charge is -2.33. The van der Waals surface area contributed by atoms with Crippen LogP contribution in [-0.2, 0) is 10.0 Å². The first-order valence-electron chi connectivity index (χ1n) is 10.9. The summed E-state index contributed by atoms with van der Waals surface area (Å²) < 4.78 is 50.8. The Labute approximate surface area is 203 Å². The molecule has 2 aromatic carbocycles. The van der Waals surface area contributed by atoms with Crippen molar-refractivity contribution >= 4 is 38.2 Å². The topological polar surface area (TPSA) is 93.7 Å². The lowest BCUT2D eigenvalue weighted by molar-refractivity contribution is 0.121. The third kappa shape index (κ3) is 5.86. The summed E-state index contributed by atoms with van der Waals surface area (Å²) in [6, 6.07) is 7.94. The molecule has 0 aliphatic heterocycles. The highest BCUT2D eigenvalue weighted by Crippen LogP contribution is 2.35. The van der Waals surface area contributed by atoms with Gasteiger partial charge in [-0.1, -0.05) is 11.6 Å². The van der Waals surface area contributed by atoms with Gasteiger partial charge in [-0.25, -0.2) is 27.1 Å². The Bertz CT molecular complexity index is 1270. The summed E-state index contributed by atoms with van der Waals surface area (Å²) in [7, 11) is -1.60. The number of sulfonamides is 1. The van der Waals surface area contributed by atoms with Crippen molar-refractivity contribution in [1.29, 1.82) is 0 Å². The van der Waals surface area contributed by atoms with Gasteiger partial charge in [0, 0.05) is 36.4 Å². The minimum atomic E-state index is -3.23. The van der Waals surface area contributed by atoms with Gasteiger partial charge in [-0.15, -0.1) is 0 Å². The largest absolute Gasteiger partial charge is 0.487 e. The number of hydrogen-bond acceptors (Lipinski definition) is 7. The molecule has 3 aromatic rings. The molecule has 0 amide bonds. The predicted molar refractivity (Wildman–Crippen MR) is 129 cm³/mol. The number of hydrogen-bond donors (Lipinski definition) is 1. The van der Waals surface area contributed by atoms with E-state index < -0.39 is 15.8 Å². The summed E-state index contributed by atoms with van der Waals surface area (Å²) >= 11 is 5.84. The maximum absolute atomic E-state index is 13.4. The van der Waals surface area contributed by atoms with E-state index in [0.717, 1.165) is 18.2 Å². The standard InChI is InChI=1S/C23H26ClFN4O4S/c1-29(34(2,30)31)17-4-6-18(7-5-17)33-23-9-15-12-26-13-27-21(15)11-22(23)32-14-28-16-3-8-20(25)19(24)10-16/h3,8-13,17-18,28H,4-7,14H2,1-2H3/t17-,18+. The van der Waals surface area contributed by atoms with E-state index in [9.17, 15) is 12.8 Å². The summed E-state index contributed by atoms with van der Waals surface area (Å²) in [4.78, 5) is 8.36. The van der Waals surface area contributed by atoms with Gasteiger partial charge >= 0.3 is 0 Å². The van der Waals surface area contributed by atoms with Crippen molar-refractivity contribution in [2.75, 3.05) is 25.4 Å². The van der Waals surface area contributed by atoms with Crippen LogP contribution in [0.25, 0.3) is 10.9 Å². The van der Waals surface area contributed by atoms with E-state index in [4.69, 9.17) is 21.1 Å². The fraction of sp³-hybridized carbons (Fsp3) is 0.391. The maximum atomic E-state index is 13.4. The van der Waals surface area contributed by atoms with Crippen molar-refractivity contribution in [2.45, 2.75) is 37.8 Å². The molecule has 4 rings (SSSR count). The van der Waals surface area contributed by atoms with Crippen LogP contribution in [0.3, 0.4) is 0 Å². The molecule has 1 aliphatic rings. The second-order valence-electron chi connectivity index (χ2n) is 8.30. The molecule has 1 fully saturated rings. The SMILES string of the molecule is CN([C@H]1CC[C@@H](Oc2cc3cncnc3cc2OCNc2ccc(F)c(Cl)c2)CC1)S(C)(=O)=O. The lowest BCUT2D eigenvalue weighted by Crippen LogP contribution is -2.40. The second-order valence-corrected chi connectivity index (χ2v) is 10.8. The van der Waals surface area contributed by atoms with E-state index >= 15 is 0 Å². The van der Waals surface area contributed by atoms with Crippen LogP contribution in [0.1, 0.15) is 25.7 Å². The van der Waals surface area contributed by atoms with Crippen molar-refractivity contribution in [2.24, 2.45) is 0 Å². The molecule has 8 nitrogen and oxygen atoms in total. The molecule has 1 saturated carbocycles. The van der Waals surface area contributed by atoms with Crippen LogP contribution >= 0.6 is 11.6 Å². The van der Waals surface area contributed by atoms with Crippen LogP contribution < -0.4 is 14.8 Å². The van der Waals surface area contributed by atoms with Crippen molar-refractivity contribution in [1.82, 2.24) is 14.3 Å². The fourth-order valence-electron chi connectivity index (χ4n) is 3.97. The zero-order chi connectivity index (χ0) is 24.3. The Morgan fingerprint density at radius 1 is 1.18 bits per heavy atom. The first-order chi connectivity index (χ1) is 16.2. The van der Waals surface area contributed by atoms with Crippen LogP contribution in [0.15, 0.2) is 42.9 Å². The third-order valence-electron chi connectivity index (χ3n) is 5.97. The number of fused-ring (bicyclic) bond motifs is 1. The van der Waals surface area contributed by atoms with Crippen molar-refractivity contribution in [3.8, 4) is 11.5 Å². The molecular formula is C23H26ClFN4O4S. The first kappa shape index (κ1) is 24.4. The molecule has 0 spiro atoms. The molecular weight excluding hydrogens is 483 g/mol. The van der Waals surface area contributed by atoms with E-state index in [1.165, 1.54) is 29.0 Å². The fourth-order valence-corrected chi connectivity index (χ4v) is 4.91. The van der Waals surface area contributed by atoms with Gasteiger partial charge in [0.05, 0.1) is 22.9 Å². The van der Waals surface area contributed by atoms with E-state index in [0.29, 0.717) is 35.5 Å². The highest BCUT2D eigenvalue weighted by molar-refractivity contribution is 7.88. The molecule has 1 aliphatic carbocycles. The van der Waals surface area contributed by atoms with Gasteiger partial charge in [-0.2, -0.15) is 0 Å². The Hall–Kier alpha value is -2.69. The smallest absolute Gasteiger partial charge is 0.211 e. The summed E-state index contributed by atoms with van der Waals surface area (Å²) in [5, 5.41) is 3.88. The Morgan fingerprint density at radius 3 is 2.65 bits per heavy atom. The monoisotopic (exact) mass is 508 g/mol. The number of benzene rings is 2. The van der Waals surface area contributed by atoms with Crippen molar-refractivity contribution < 1.29 is 22.3 Å². The zero-order valence-corrected chi connectivity index (χ0v) is 20.4. The number of nitrogens with one attached hydrogen (secondary N) is 1. The molecule has 0 radical (unpaired) electrons. The molecule has 34 heavy (non-hydrogen) atoms. The number of rotatable bonds is 8. The van der Waals surface area contributed by atoms with Gasteiger partial charge in [0.2, 0.25) is 10.0 Å². The minimum Gasteiger partial charge on any atom is -0.487 e. The van der Waals surface area contributed by atoms with Crippen LogP contribution in [-0.4, -0.2) is 54.9 Å². The van der Waals surface area contributed by atoms with E-state index in [1.54, 1.807) is 25.4 Å². The molecule has 0 saturated heterocycles. The number of nitrogens with zero attached hydrogens (tertiary/aromatic N) is 3. The van der Waals surface area contributed by atoms with Crippen LogP contribution in [0.5, 0.6) is 11.5 Å². The summed E-state index contributed by atoms with van der Waals surface area (Å²) in [5.41, 5.74) is 1.32. The Balaban J connectivity index is 1.46. The van der Waals surface area contributed by atoms with Gasteiger partial charge in [0.1, 0.15) is 12.1 Å². The number of ether oxygens (including phenoxy) is 2. The van der Waals surface area contributed by atoms with Crippen molar-refractivity contribution in [3.05, 3.63) is 53.7 Å². The average Bonchev–Trinajstić information content (AvgIpc) is 2.81. The van der Waals surface area contributed by atoms with E-state index in [2.05, 4.69) is 15.3 Å². The molecule has 0 atom stereocenters. The predicted octanol–water partition coefficient (Wildman–Crippen LogP) is 4.45. The number of anilines is 1. The van der Waals surface area contributed by atoms with Gasteiger partial charge in [0.15, 0.2) is 18.2 Å². The highest BCUT2D eigenvalue weighted by atomic mass is 35.5. The molecule has 0 unspecified atom stereocenters. The van der Waals surface area contributed by atoms with Gasteiger partial charge in [0.25, 0.3) is 0 Å². The van der Waals surface area contributed by atoms with Crippen LogP contribution in [0.2, 0.25) is 5.02 Å². The van der Waals surface area contributed by atoms with Crippen molar-refractivity contribution in [3.63, 3.8) is 0 Å². The summed E-state index contributed by atoms with van der Waals surface area (Å²) in [5.74, 6) is 0.568. The van der Waals surface area contributed by atoms with Gasteiger partial charge in [-0.3, -0.25) is 0 Å². The highest BCUT2D eigenvalue weighted by Gasteiger charge is 2.29. The number of halogens is 2. The first-order valence-corrected chi connectivity index (χ1v) is 13.1. The number of aromatic nitrogens is 2. The zero-order valence-electron chi connectivity index (χ0n) is 18.9. The Kier molecular flexibility index (Phi) is 7.39. The average molecular weight is 509 g/mol. The molecule has 1 aromatic heterocycles. The van der Waals surface area contributed by atoms with Gasteiger partial charge < -0.3 is 14.8 Å². The quantitative estimate of drug-likeness (QED) is 0.449. The molecule has 1 heterocycles. The molecule has 1 N–H and O–H groups in total. The molecule has 182 valence electrons. The van der Waals surface area contributed by atoms with E-state index in [-0.39, 0.29) is 23.9 Å². The normalized spacial score (nSPS) is 18.7. The summed E-state index contributed by atoms with van der Waals surface area (Å²) in [6.07, 6.45) is 7.20. The molecule has 11 heteroatoms. The third-order valence-corrected chi connectivity index (χ3v) is 7.60. The maximum Gasteiger partial charge on any atom is 0.211 e. The van der Waals surface area contributed by atoms with Crippen LogP contribution in [0, 0.1) is 5.82 Å². The lowest BCUT2D eigenvalue weighted by atomic mass is 9.93. The van der Waals surface area contributed by atoms with Crippen LogP contribution in [0.4, 0.5) is 10.1 Å². The Morgan fingerprint density at radius 2 is 1.94 bits per heavy atom. The molecule has 0 bridgehead atoms. The minimum absolute atomic E-state index is 0.0218.